The number of nitrogens with zero attached hydrogens (tertiary/aromatic N) is 3. The first-order valence-corrected chi connectivity index (χ1v) is 9.13. The molecule has 1 aromatic heterocycles. The van der Waals surface area contributed by atoms with E-state index in [9.17, 15) is 10.1 Å². The first-order valence-electron chi connectivity index (χ1n) is 7.95. The summed E-state index contributed by atoms with van der Waals surface area (Å²) in [5, 5.41) is 16.6. The van der Waals surface area contributed by atoms with E-state index in [4.69, 9.17) is 16.3 Å². The predicted molar refractivity (Wildman–Crippen MR) is 106 cm³/mol. The lowest BCUT2D eigenvalue weighted by molar-refractivity contribution is 0.121. The van der Waals surface area contributed by atoms with Crippen molar-refractivity contribution in [1.82, 2.24) is 9.78 Å². The Morgan fingerprint density at radius 3 is 2.67 bits per heavy atom. The van der Waals surface area contributed by atoms with Crippen molar-refractivity contribution in [3.8, 4) is 11.8 Å². The van der Waals surface area contributed by atoms with Gasteiger partial charge in [-0.25, -0.2) is 9.48 Å². The molecule has 8 heteroatoms. The minimum Gasteiger partial charge on any atom is -0.441 e. The highest BCUT2D eigenvalue weighted by Gasteiger charge is 2.19. The molecule has 0 aliphatic rings. The molecule has 3 aromatic rings. The van der Waals surface area contributed by atoms with Crippen molar-refractivity contribution >= 4 is 39.4 Å². The fourth-order valence-electron chi connectivity index (χ4n) is 2.48. The number of aromatic nitrogens is 2. The van der Waals surface area contributed by atoms with E-state index in [1.807, 2.05) is 24.3 Å². The van der Waals surface area contributed by atoms with Crippen molar-refractivity contribution in [1.29, 1.82) is 5.26 Å². The average Bonchev–Trinajstić information content (AvgIpc) is 3.05. The van der Waals surface area contributed by atoms with Crippen LogP contribution in [0, 0.1) is 11.3 Å². The molecule has 1 heterocycles. The van der Waals surface area contributed by atoms with Gasteiger partial charge in [0.1, 0.15) is 17.7 Å². The molecule has 0 aliphatic heterocycles. The van der Waals surface area contributed by atoms with Gasteiger partial charge in [0.05, 0.1) is 11.9 Å². The van der Waals surface area contributed by atoms with Crippen LogP contribution >= 0.6 is 27.5 Å². The van der Waals surface area contributed by atoms with E-state index in [0.717, 1.165) is 4.47 Å². The molecule has 1 atom stereocenters. The van der Waals surface area contributed by atoms with Gasteiger partial charge in [-0.1, -0.05) is 45.7 Å². The fourth-order valence-corrected chi connectivity index (χ4v) is 3.04. The van der Waals surface area contributed by atoms with Crippen molar-refractivity contribution in [2.24, 2.45) is 0 Å². The van der Waals surface area contributed by atoms with E-state index in [1.165, 1.54) is 10.9 Å². The molecule has 27 heavy (non-hydrogen) atoms. The Bertz CT molecular complexity index is 1010. The number of nitriles is 1. The molecule has 136 valence electrons. The topological polar surface area (TPSA) is 79.9 Å². The van der Waals surface area contributed by atoms with Crippen LogP contribution in [0.25, 0.3) is 5.69 Å². The monoisotopic (exact) mass is 444 g/mol. The van der Waals surface area contributed by atoms with Crippen molar-refractivity contribution in [2.45, 2.75) is 13.0 Å². The van der Waals surface area contributed by atoms with E-state index < -0.39 is 12.2 Å². The minimum absolute atomic E-state index is 0.222. The Kier molecular flexibility index (Phi) is 5.79. The first kappa shape index (κ1) is 19.0. The van der Waals surface area contributed by atoms with E-state index in [2.05, 4.69) is 26.3 Å². The van der Waals surface area contributed by atoms with Crippen LogP contribution in [-0.4, -0.2) is 15.9 Å². The van der Waals surface area contributed by atoms with Gasteiger partial charge in [0.2, 0.25) is 0 Å². The Labute approximate surface area is 169 Å². The molecular weight excluding hydrogens is 432 g/mol. The highest BCUT2D eigenvalue weighted by atomic mass is 79.9. The second-order valence-corrected chi connectivity index (χ2v) is 6.92. The number of ether oxygens (including phenoxy) is 1. The van der Waals surface area contributed by atoms with Crippen LogP contribution in [0.4, 0.5) is 10.6 Å². The summed E-state index contributed by atoms with van der Waals surface area (Å²) >= 11 is 9.51. The number of anilines is 1. The minimum atomic E-state index is -0.710. The molecule has 1 N–H and O–H groups in total. The van der Waals surface area contributed by atoms with Gasteiger partial charge in [-0.15, -0.1) is 0 Å². The summed E-state index contributed by atoms with van der Waals surface area (Å²) in [7, 11) is 0. The van der Waals surface area contributed by atoms with Crippen molar-refractivity contribution < 1.29 is 9.53 Å². The first-order chi connectivity index (χ1) is 13.0. The number of amides is 1. The Morgan fingerprint density at radius 1 is 1.30 bits per heavy atom. The smallest absolute Gasteiger partial charge is 0.413 e. The zero-order valence-corrected chi connectivity index (χ0v) is 16.5. The Morgan fingerprint density at radius 2 is 2.00 bits per heavy atom. The van der Waals surface area contributed by atoms with Crippen LogP contribution < -0.4 is 5.32 Å². The number of carbonyl (C=O) groups excluding carboxylic acids is 1. The molecule has 0 spiro atoms. The molecule has 0 fully saturated rings. The Hall–Kier alpha value is -2.82. The Balaban J connectivity index is 1.82. The highest BCUT2D eigenvalue weighted by molar-refractivity contribution is 9.10. The number of hydrogen-bond donors (Lipinski definition) is 1. The third-order valence-electron chi connectivity index (χ3n) is 3.81. The van der Waals surface area contributed by atoms with E-state index in [0.29, 0.717) is 16.3 Å². The third kappa shape index (κ3) is 4.30. The second-order valence-electron chi connectivity index (χ2n) is 5.60. The number of hydrogen-bond acceptors (Lipinski definition) is 4. The molecule has 6 nitrogen and oxygen atoms in total. The molecule has 0 unspecified atom stereocenters. The number of rotatable bonds is 4. The van der Waals surface area contributed by atoms with Gasteiger partial charge in [-0.2, -0.15) is 10.4 Å². The standard InChI is InChI=1S/C19H14BrClN4O2/c1-12(16-4-2-3-5-17(16)21)27-19(26)24-18-13(10-22)11-23-25(18)15-8-6-14(20)7-9-15/h2-9,11-12H,1H3,(H,24,26)/t12-/m1/s1. The van der Waals surface area contributed by atoms with Crippen LogP contribution in [0.5, 0.6) is 0 Å². The van der Waals surface area contributed by atoms with E-state index in [1.54, 1.807) is 37.3 Å². The molecule has 0 saturated heterocycles. The number of benzene rings is 2. The van der Waals surface area contributed by atoms with Crippen LogP contribution in [-0.2, 0) is 4.74 Å². The van der Waals surface area contributed by atoms with Gasteiger partial charge in [-0.05, 0) is 37.3 Å². The van der Waals surface area contributed by atoms with E-state index >= 15 is 0 Å². The average molecular weight is 446 g/mol. The maximum Gasteiger partial charge on any atom is 0.413 e. The number of halogens is 2. The molecule has 1 amide bonds. The summed E-state index contributed by atoms with van der Waals surface area (Å²) in [6.07, 6.45) is 0.112. The summed E-state index contributed by atoms with van der Waals surface area (Å²) in [4.78, 5) is 12.4. The molecule has 0 aliphatic carbocycles. The summed E-state index contributed by atoms with van der Waals surface area (Å²) in [6, 6.07) is 16.4. The van der Waals surface area contributed by atoms with Crippen molar-refractivity contribution in [3.63, 3.8) is 0 Å². The molecule has 0 radical (unpaired) electrons. The van der Waals surface area contributed by atoms with Gasteiger partial charge < -0.3 is 4.74 Å². The number of carbonyl (C=O) groups is 1. The summed E-state index contributed by atoms with van der Waals surface area (Å²) in [6.45, 7) is 1.72. The van der Waals surface area contributed by atoms with Crippen LogP contribution in [0.1, 0.15) is 24.2 Å². The zero-order valence-electron chi connectivity index (χ0n) is 14.2. The van der Waals surface area contributed by atoms with Crippen molar-refractivity contribution in [3.05, 3.63) is 75.4 Å². The van der Waals surface area contributed by atoms with Gasteiger partial charge in [0.25, 0.3) is 0 Å². The lowest BCUT2D eigenvalue weighted by Crippen LogP contribution is -2.19. The van der Waals surface area contributed by atoms with Crippen molar-refractivity contribution in [2.75, 3.05) is 5.32 Å². The number of nitrogens with one attached hydrogen (secondary N) is 1. The largest absolute Gasteiger partial charge is 0.441 e. The quantitative estimate of drug-likeness (QED) is 0.577. The zero-order chi connectivity index (χ0) is 19.4. The third-order valence-corrected chi connectivity index (χ3v) is 4.68. The summed E-state index contributed by atoms with van der Waals surface area (Å²) < 4.78 is 7.78. The highest BCUT2D eigenvalue weighted by Crippen LogP contribution is 2.26. The molecule has 0 saturated carbocycles. The second kappa shape index (κ2) is 8.25. The molecule has 0 bridgehead atoms. The lowest BCUT2D eigenvalue weighted by Gasteiger charge is -2.16. The molecule has 2 aromatic carbocycles. The van der Waals surface area contributed by atoms with Crippen LogP contribution in [0.15, 0.2) is 59.2 Å². The molecule has 3 rings (SSSR count). The van der Waals surface area contributed by atoms with Gasteiger partial charge in [0, 0.05) is 15.1 Å². The van der Waals surface area contributed by atoms with Gasteiger partial charge in [0.15, 0.2) is 5.82 Å². The van der Waals surface area contributed by atoms with E-state index in [-0.39, 0.29) is 11.4 Å². The van der Waals surface area contributed by atoms with Crippen LogP contribution in [0.3, 0.4) is 0 Å². The summed E-state index contributed by atoms with van der Waals surface area (Å²) in [5.41, 5.74) is 1.60. The maximum atomic E-state index is 12.4. The summed E-state index contributed by atoms with van der Waals surface area (Å²) in [5.74, 6) is 0.233. The maximum absolute atomic E-state index is 12.4. The lowest BCUT2D eigenvalue weighted by atomic mass is 10.1. The fraction of sp³-hybridized carbons (Fsp3) is 0.105. The van der Waals surface area contributed by atoms with Crippen LogP contribution in [0.2, 0.25) is 5.02 Å². The van der Waals surface area contributed by atoms with Gasteiger partial charge >= 0.3 is 6.09 Å². The predicted octanol–water partition coefficient (Wildman–Crippen LogP) is 5.47. The normalized spacial score (nSPS) is 11.5. The van der Waals surface area contributed by atoms with Gasteiger partial charge in [-0.3, -0.25) is 5.32 Å². The molecular formula is C19H14BrClN4O2. The SMILES string of the molecule is C[C@@H](OC(=O)Nc1c(C#N)cnn1-c1ccc(Br)cc1)c1ccccc1Cl.